The van der Waals surface area contributed by atoms with Crippen LogP contribution in [0.1, 0.15) is 22.7 Å². The van der Waals surface area contributed by atoms with E-state index in [1.54, 1.807) is 12.3 Å². The third-order valence-electron chi connectivity index (χ3n) is 3.48. The van der Waals surface area contributed by atoms with Gasteiger partial charge in [0.05, 0.1) is 11.6 Å². The zero-order valence-electron chi connectivity index (χ0n) is 11.2. The Kier molecular flexibility index (Phi) is 3.20. The zero-order valence-corrected chi connectivity index (χ0v) is 11.2. The molecule has 0 saturated carbocycles. The number of aromatic nitrogens is 1. The maximum atomic E-state index is 14.0. The van der Waals surface area contributed by atoms with Gasteiger partial charge in [-0.2, -0.15) is 0 Å². The first-order valence-electron chi connectivity index (χ1n) is 6.51. The van der Waals surface area contributed by atoms with E-state index >= 15 is 0 Å². The number of hydrogen-bond donors (Lipinski definition) is 1. The maximum absolute atomic E-state index is 14.0. The van der Waals surface area contributed by atoms with Crippen molar-refractivity contribution in [1.82, 2.24) is 4.98 Å². The van der Waals surface area contributed by atoms with Gasteiger partial charge in [-0.3, -0.25) is 4.98 Å². The fourth-order valence-electron chi connectivity index (χ4n) is 2.35. The van der Waals surface area contributed by atoms with Gasteiger partial charge in [0.15, 0.2) is 0 Å². The molecule has 0 fully saturated rings. The molecule has 1 aromatic heterocycles. The molecule has 0 aliphatic heterocycles. The van der Waals surface area contributed by atoms with Gasteiger partial charge in [0.2, 0.25) is 0 Å². The molecule has 1 heterocycles. The molecule has 3 rings (SSSR count). The van der Waals surface area contributed by atoms with Crippen LogP contribution in [-0.2, 0) is 0 Å². The van der Waals surface area contributed by atoms with Crippen molar-refractivity contribution in [1.29, 1.82) is 0 Å². The average Bonchev–Trinajstić information content (AvgIpc) is 2.46. The summed E-state index contributed by atoms with van der Waals surface area (Å²) in [5.41, 5.74) is 9.39. The minimum Gasteiger partial charge on any atom is -0.320 e. The normalized spacial score (nSPS) is 12.6. The van der Waals surface area contributed by atoms with Crippen LogP contribution in [0.3, 0.4) is 0 Å². The molecule has 0 saturated heterocycles. The van der Waals surface area contributed by atoms with Gasteiger partial charge in [0.1, 0.15) is 5.82 Å². The summed E-state index contributed by atoms with van der Waals surface area (Å²) in [6.07, 6.45) is 1.75. The SMILES string of the molecule is Cc1ccc(C(N)c2ccc3ncccc3c2)c(F)c1. The van der Waals surface area contributed by atoms with Crippen molar-refractivity contribution in [3.8, 4) is 0 Å². The van der Waals surface area contributed by atoms with Gasteiger partial charge in [-0.15, -0.1) is 0 Å². The monoisotopic (exact) mass is 266 g/mol. The zero-order chi connectivity index (χ0) is 14.1. The molecule has 2 aromatic carbocycles. The summed E-state index contributed by atoms with van der Waals surface area (Å²) in [6.45, 7) is 1.86. The van der Waals surface area contributed by atoms with Crippen molar-refractivity contribution in [3.05, 3.63) is 77.2 Å². The molecule has 20 heavy (non-hydrogen) atoms. The lowest BCUT2D eigenvalue weighted by molar-refractivity contribution is 0.598. The van der Waals surface area contributed by atoms with Gasteiger partial charge in [-0.1, -0.05) is 24.3 Å². The standard InChI is InChI=1S/C17H15FN2/c1-11-4-6-14(15(18)9-11)17(19)13-5-7-16-12(10-13)3-2-8-20-16/h2-10,17H,19H2,1H3. The number of pyridine rings is 1. The van der Waals surface area contributed by atoms with Crippen molar-refractivity contribution in [3.63, 3.8) is 0 Å². The summed E-state index contributed by atoms with van der Waals surface area (Å²) in [6, 6.07) is 14.3. The summed E-state index contributed by atoms with van der Waals surface area (Å²) >= 11 is 0. The number of aryl methyl sites for hydroxylation is 1. The van der Waals surface area contributed by atoms with E-state index in [0.717, 1.165) is 22.0 Å². The molecule has 1 atom stereocenters. The highest BCUT2D eigenvalue weighted by Gasteiger charge is 2.14. The van der Waals surface area contributed by atoms with Crippen LogP contribution in [-0.4, -0.2) is 4.98 Å². The van der Waals surface area contributed by atoms with E-state index in [9.17, 15) is 4.39 Å². The van der Waals surface area contributed by atoms with E-state index in [2.05, 4.69) is 4.98 Å². The van der Waals surface area contributed by atoms with E-state index in [1.165, 1.54) is 6.07 Å². The molecule has 3 heteroatoms. The molecule has 2 nitrogen and oxygen atoms in total. The number of halogens is 1. The van der Waals surface area contributed by atoms with E-state index in [4.69, 9.17) is 5.73 Å². The molecule has 1 unspecified atom stereocenters. The quantitative estimate of drug-likeness (QED) is 0.767. The van der Waals surface area contributed by atoms with Gasteiger partial charge in [-0.05, 0) is 42.3 Å². The fourth-order valence-corrected chi connectivity index (χ4v) is 2.35. The van der Waals surface area contributed by atoms with Gasteiger partial charge in [-0.25, -0.2) is 4.39 Å². The lowest BCUT2D eigenvalue weighted by Gasteiger charge is -2.14. The van der Waals surface area contributed by atoms with Crippen LogP contribution in [0.2, 0.25) is 0 Å². The van der Waals surface area contributed by atoms with Gasteiger partial charge in [0.25, 0.3) is 0 Å². The third-order valence-corrected chi connectivity index (χ3v) is 3.48. The van der Waals surface area contributed by atoms with Crippen LogP contribution in [0, 0.1) is 12.7 Å². The van der Waals surface area contributed by atoms with Crippen LogP contribution in [0.25, 0.3) is 10.9 Å². The van der Waals surface area contributed by atoms with Gasteiger partial charge >= 0.3 is 0 Å². The smallest absolute Gasteiger partial charge is 0.128 e. The van der Waals surface area contributed by atoms with E-state index in [1.807, 2.05) is 43.3 Å². The molecular weight excluding hydrogens is 251 g/mol. The van der Waals surface area contributed by atoms with Crippen LogP contribution in [0.4, 0.5) is 4.39 Å². The molecule has 0 aliphatic carbocycles. The molecule has 0 radical (unpaired) electrons. The number of hydrogen-bond acceptors (Lipinski definition) is 2. The number of rotatable bonds is 2. The molecule has 3 aromatic rings. The van der Waals surface area contributed by atoms with Gasteiger partial charge < -0.3 is 5.73 Å². The van der Waals surface area contributed by atoms with Crippen molar-refractivity contribution < 1.29 is 4.39 Å². The maximum Gasteiger partial charge on any atom is 0.128 e. The Morgan fingerprint density at radius 1 is 1.10 bits per heavy atom. The van der Waals surface area contributed by atoms with Crippen molar-refractivity contribution in [2.75, 3.05) is 0 Å². The first kappa shape index (κ1) is 12.8. The fraction of sp³-hybridized carbons (Fsp3) is 0.118. The number of nitrogens with two attached hydrogens (primary N) is 1. The lowest BCUT2D eigenvalue weighted by atomic mass is 9.97. The van der Waals surface area contributed by atoms with Crippen LogP contribution >= 0.6 is 0 Å². The molecule has 0 aliphatic rings. The van der Waals surface area contributed by atoms with E-state index in [0.29, 0.717) is 5.56 Å². The Labute approximate surface area is 117 Å². The summed E-state index contributed by atoms with van der Waals surface area (Å²) < 4.78 is 14.0. The van der Waals surface area contributed by atoms with Crippen molar-refractivity contribution in [2.24, 2.45) is 5.73 Å². The second-order valence-electron chi connectivity index (χ2n) is 4.96. The Balaban J connectivity index is 2.05. The lowest BCUT2D eigenvalue weighted by Crippen LogP contribution is -2.13. The minimum absolute atomic E-state index is 0.260. The predicted octanol–water partition coefficient (Wildman–Crippen LogP) is 3.73. The van der Waals surface area contributed by atoms with Crippen molar-refractivity contribution >= 4 is 10.9 Å². The summed E-state index contributed by atoms with van der Waals surface area (Å²) in [4.78, 5) is 4.27. The molecule has 2 N–H and O–H groups in total. The molecule has 0 bridgehead atoms. The first-order chi connectivity index (χ1) is 9.65. The second-order valence-corrected chi connectivity index (χ2v) is 4.96. The Morgan fingerprint density at radius 2 is 1.95 bits per heavy atom. The molecule has 0 spiro atoms. The summed E-state index contributed by atoms with van der Waals surface area (Å²) in [5.74, 6) is -0.260. The topological polar surface area (TPSA) is 38.9 Å². The van der Waals surface area contributed by atoms with Crippen LogP contribution in [0.15, 0.2) is 54.7 Å². The van der Waals surface area contributed by atoms with Gasteiger partial charge in [0, 0.05) is 17.1 Å². The Hall–Kier alpha value is -2.26. The highest BCUT2D eigenvalue weighted by atomic mass is 19.1. The summed E-state index contributed by atoms with van der Waals surface area (Å²) in [5, 5.41) is 1.01. The number of nitrogens with zero attached hydrogens (tertiary/aromatic N) is 1. The predicted molar refractivity (Wildman–Crippen MR) is 78.9 cm³/mol. The molecule has 100 valence electrons. The molecular formula is C17H15FN2. The summed E-state index contributed by atoms with van der Waals surface area (Å²) in [7, 11) is 0. The number of benzene rings is 2. The van der Waals surface area contributed by atoms with Crippen LogP contribution in [0.5, 0.6) is 0 Å². The van der Waals surface area contributed by atoms with E-state index < -0.39 is 6.04 Å². The highest BCUT2D eigenvalue weighted by molar-refractivity contribution is 5.79. The van der Waals surface area contributed by atoms with Crippen LogP contribution < -0.4 is 5.73 Å². The van der Waals surface area contributed by atoms with E-state index in [-0.39, 0.29) is 5.82 Å². The largest absolute Gasteiger partial charge is 0.320 e. The Morgan fingerprint density at radius 3 is 2.75 bits per heavy atom. The average molecular weight is 266 g/mol. The molecule has 0 amide bonds. The third kappa shape index (κ3) is 2.28. The number of fused-ring (bicyclic) bond motifs is 1. The first-order valence-corrected chi connectivity index (χ1v) is 6.51. The minimum atomic E-state index is -0.472. The Bertz CT molecular complexity index is 768. The highest BCUT2D eigenvalue weighted by Crippen LogP contribution is 2.25. The van der Waals surface area contributed by atoms with Crippen molar-refractivity contribution in [2.45, 2.75) is 13.0 Å². The second kappa shape index (κ2) is 5.02.